The Morgan fingerprint density at radius 3 is 2.67 bits per heavy atom. The zero-order valence-corrected chi connectivity index (χ0v) is 18.1. The van der Waals surface area contributed by atoms with Crippen LogP contribution in [0.5, 0.6) is 0 Å². The molecule has 0 amide bonds. The highest BCUT2D eigenvalue weighted by Crippen LogP contribution is 2.39. The van der Waals surface area contributed by atoms with Crippen molar-refractivity contribution < 1.29 is 0 Å². The molecule has 3 aromatic rings. The summed E-state index contributed by atoms with van der Waals surface area (Å²) < 4.78 is 2.20. The standard InChI is InChI=1S/C26H32N4/c1-19(2)21-12-6-7-13-23(21)30-26-22(15-16-27-26)25(28-30)24-14-8-9-17-29(24)18-20-10-4-3-5-11-20/h3-7,10-13,19,24,27H,8-9,14-18H2,1-2H3. The van der Waals surface area contributed by atoms with Crippen LogP contribution in [0.4, 0.5) is 5.82 Å². The van der Waals surface area contributed by atoms with Gasteiger partial charge in [0.15, 0.2) is 0 Å². The number of piperidine rings is 1. The van der Waals surface area contributed by atoms with E-state index in [9.17, 15) is 0 Å². The Bertz CT molecular complexity index is 1010. The highest BCUT2D eigenvalue weighted by atomic mass is 15.4. The van der Waals surface area contributed by atoms with E-state index < -0.39 is 0 Å². The summed E-state index contributed by atoms with van der Waals surface area (Å²) in [5.74, 6) is 1.68. The number of rotatable bonds is 5. The van der Waals surface area contributed by atoms with Gasteiger partial charge < -0.3 is 5.32 Å². The van der Waals surface area contributed by atoms with Crippen molar-refractivity contribution in [1.29, 1.82) is 0 Å². The first-order valence-corrected chi connectivity index (χ1v) is 11.5. The second-order valence-electron chi connectivity index (χ2n) is 8.98. The lowest BCUT2D eigenvalue weighted by atomic mass is 9.95. The van der Waals surface area contributed by atoms with E-state index in [0.717, 1.165) is 26.1 Å². The minimum absolute atomic E-state index is 0.403. The van der Waals surface area contributed by atoms with E-state index in [1.165, 1.54) is 53.2 Å². The quantitative estimate of drug-likeness (QED) is 0.597. The number of hydrogen-bond acceptors (Lipinski definition) is 3. The molecule has 156 valence electrons. The van der Waals surface area contributed by atoms with Gasteiger partial charge in [-0.15, -0.1) is 0 Å². The van der Waals surface area contributed by atoms with E-state index in [1.54, 1.807) is 0 Å². The van der Waals surface area contributed by atoms with Crippen molar-refractivity contribution in [3.63, 3.8) is 0 Å². The molecule has 4 nitrogen and oxygen atoms in total. The number of para-hydroxylation sites is 1. The number of anilines is 1. The molecule has 1 unspecified atom stereocenters. The van der Waals surface area contributed by atoms with Gasteiger partial charge in [0.25, 0.3) is 0 Å². The molecule has 2 aliphatic heterocycles. The molecule has 0 spiro atoms. The van der Waals surface area contributed by atoms with E-state index in [1.807, 2.05) is 0 Å². The lowest BCUT2D eigenvalue weighted by molar-refractivity contribution is 0.136. The highest BCUT2D eigenvalue weighted by molar-refractivity contribution is 5.59. The van der Waals surface area contributed by atoms with E-state index in [0.29, 0.717) is 12.0 Å². The van der Waals surface area contributed by atoms with Crippen LogP contribution in [0, 0.1) is 0 Å². The lowest BCUT2D eigenvalue weighted by Gasteiger charge is -2.35. The first kappa shape index (κ1) is 19.4. The molecule has 0 bridgehead atoms. The van der Waals surface area contributed by atoms with Gasteiger partial charge in [-0.3, -0.25) is 4.90 Å². The van der Waals surface area contributed by atoms with E-state index in [2.05, 4.69) is 83.3 Å². The number of nitrogens with one attached hydrogen (secondary N) is 1. The second kappa shape index (κ2) is 8.27. The maximum Gasteiger partial charge on any atom is 0.133 e. The van der Waals surface area contributed by atoms with Crippen molar-refractivity contribution in [2.75, 3.05) is 18.4 Å². The van der Waals surface area contributed by atoms with Gasteiger partial charge in [0.1, 0.15) is 5.82 Å². The molecule has 1 aromatic heterocycles. The van der Waals surface area contributed by atoms with Crippen LogP contribution in [-0.4, -0.2) is 27.8 Å². The molecule has 2 aliphatic rings. The van der Waals surface area contributed by atoms with Gasteiger partial charge in [0, 0.05) is 18.7 Å². The summed E-state index contributed by atoms with van der Waals surface area (Å²) in [6, 6.07) is 20.0. The maximum absolute atomic E-state index is 5.27. The first-order valence-electron chi connectivity index (χ1n) is 11.5. The third-order valence-electron chi connectivity index (χ3n) is 6.63. The average Bonchev–Trinajstić information content (AvgIpc) is 3.38. The van der Waals surface area contributed by atoms with Crippen LogP contribution in [0.2, 0.25) is 0 Å². The van der Waals surface area contributed by atoms with Gasteiger partial charge in [-0.1, -0.05) is 68.8 Å². The monoisotopic (exact) mass is 400 g/mol. The lowest BCUT2D eigenvalue weighted by Crippen LogP contribution is -2.33. The molecule has 4 heteroatoms. The van der Waals surface area contributed by atoms with Crippen LogP contribution in [0.15, 0.2) is 54.6 Å². The van der Waals surface area contributed by atoms with Crippen molar-refractivity contribution in [2.24, 2.45) is 0 Å². The fourth-order valence-corrected chi connectivity index (χ4v) is 5.12. The van der Waals surface area contributed by atoms with E-state index in [4.69, 9.17) is 5.10 Å². The molecule has 3 heterocycles. The first-order chi connectivity index (χ1) is 14.7. The van der Waals surface area contributed by atoms with Gasteiger partial charge in [0.2, 0.25) is 0 Å². The second-order valence-corrected chi connectivity index (χ2v) is 8.98. The summed E-state index contributed by atoms with van der Waals surface area (Å²) in [5.41, 5.74) is 6.69. The largest absolute Gasteiger partial charge is 0.369 e. The molecule has 30 heavy (non-hydrogen) atoms. The summed E-state index contributed by atoms with van der Waals surface area (Å²) in [6.07, 6.45) is 4.83. The van der Waals surface area contributed by atoms with Crippen LogP contribution in [-0.2, 0) is 13.0 Å². The highest BCUT2D eigenvalue weighted by Gasteiger charge is 2.33. The Hall–Kier alpha value is -2.59. The van der Waals surface area contributed by atoms with Crippen molar-refractivity contribution in [3.8, 4) is 5.69 Å². The zero-order valence-electron chi connectivity index (χ0n) is 18.1. The maximum atomic E-state index is 5.27. The van der Waals surface area contributed by atoms with Gasteiger partial charge in [-0.25, -0.2) is 4.68 Å². The third-order valence-corrected chi connectivity index (χ3v) is 6.63. The SMILES string of the molecule is CC(C)c1ccccc1-n1nc(C2CCCCN2Cc2ccccc2)c2c1NCC2. The minimum Gasteiger partial charge on any atom is -0.369 e. The number of fused-ring (bicyclic) bond motifs is 1. The van der Waals surface area contributed by atoms with Crippen molar-refractivity contribution in [1.82, 2.24) is 14.7 Å². The molecule has 0 saturated carbocycles. The Labute approximate surface area is 179 Å². The molecular weight excluding hydrogens is 368 g/mol. The number of benzene rings is 2. The fraction of sp³-hybridized carbons (Fsp3) is 0.423. The number of hydrogen-bond donors (Lipinski definition) is 1. The Kier molecular flexibility index (Phi) is 5.34. The van der Waals surface area contributed by atoms with Gasteiger partial charge >= 0.3 is 0 Å². The van der Waals surface area contributed by atoms with Gasteiger partial charge in [-0.05, 0) is 48.9 Å². The van der Waals surface area contributed by atoms with Crippen LogP contribution in [0.25, 0.3) is 5.69 Å². The fourth-order valence-electron chi connectivity index (χ4n) is 5.12. The summed E-state index contributed by atoms with van der Waals surface area (Å²) in [4.78, 5) is 2.65. The predicted octanol–water partition coefficient (Wildman–Crippen LogP) is 5.69. The third kappa shape index (κ3) is 3.54. The predicted molar refractivity (Wildman–Crippen MR) is 123 cm³/mol. The van der Waals surface area contributed by atoms with Crippen molar-refractivity contribution in [3.05, 3.63) is 77.0 Å². The summed E-state index contributed by atoms with van der Waals surface area (Å²) in [7, 11) is 0. The zero-order chi connectivity index (χ0) is 20.5. The minimum atomic E-state index is 0.403. The average molecular weight is 401 g/mol. The number of nitrogens with zero attached hydrogens (tertiary/aromatic N) is 3. The molecular formula is C26H32N4. The number of aromatic nitrogens is 2. The van der Waals surface area contributed by atoms with Crippen molar-refractivity contribution >= 4 is 5.82 Å². The van der Waals surface area contributed by atoms with E-state index >= 15 is 0 Å². The Morgan fingerprint density at radius 1 is 1.03 bits per heavy atom. The smallest absolute Gasteiger partial charge is 0.133 e. The topological polar surface area (TPSA) is 33.1 Å². The van der Waals surface area contributed by atoms with Crippen LogP contribution in [0.3, 0.4) is 0 Å². The molecule has 1 saturated heterocycles. The summed E-state index contributed by atoms with van der Waals surface area (Å²) in [6.45, 7) is 7.69. The van der Waals surface area contributed by atoms with Crippen LogP contribution in [0.1, 0.15) is 67.5 Å². The summed E-state index contributed by atoms with van der Waals surface area (Å²) >= 11 is 0. The molecule has 0 radical (unpaired) electrons. The molecule has 1 N–H and O–H groups in total. The van der Waals surface area contributed by atoms with Crippen molar-refractivity contribution in [2.45, 2.75) is 58.0 Å². The Balaban J connectivity index is 1.54. The molecule has 0 aliphatic carbocycles. The molecule has 2 aromatic carbocycles. The van der Waals surface area contributed by atoms with E-state index in [-0.39, 0.29) is 0 Å². The van der Waals surface area contributed by atoms with Crippen LogP contribution >= 0.6 is 0 Å². The van der Waals surface area contributed by atoms with Gasteiger partial charge in [0.05, 0.1) is 17.4 Å². The number of likely N-dealkylation sites (tertiary alicyclic amines) is 1. The summed E-state index contributed by atoms with van der Waals surface area (Å²) in [5, 5.41) is 8.91. The Morgan fingerprint density at radius 2 is 1.83 bits per heavy atom. The normalized spacial score (nSPS) is 19.1. The van der Waals surface area contributed by atoms with Gasteiger partial charge in [-0.2, -0.15) is 5.10 Å². The molecule has 1 atom stereocenters. The van der Waals surface area contributed by atoms with Crippen LogP contribution < -0.4 is 5.32 Å². The molecule has 1 fully saturated rings. The molecule has 5 rings (SSSR count).